The molecule has 7 nitrogen and oxygen atoms in total. The summed E-state index contributed by atoms with van der Waals surface area (Å²) in [6.07, 6.45) is 1.38. The lowest BCUT2D eigenvalue weighted by Crippen LogP contribution is -2.42. The SMILES string of the molecule is CCOc1ncccc1C(=O)N1CCOC(c2cccc(N(C)C)n2)C1. The molecule has 0 aliphatic carbocycles. The van der Waals surface area contributed by atoms with Crippen LogP contribution >= 0.6 is 0 Å². The minimum atomic E-state index is -0.250. The fourth-order valence-electron chi connectivity index (χ4n) is 2.86. The van der Waals surface area contributed by atoms with E-state index in [1.54, 1.807) is 23.2 Å². The van der Waals surface area contributed by atoms with Gasteiger partial charge in [-0.2, -0.15) is 0 Å². The number of rotatable bonds is 5. The summed E-state index contributed by atoms with van der Waals surface area (Å²) < 4.78 is 11.4. The highest BCUT2D eigenvalue weighted by atomic mass is 16.5. The molecule has 0 radical (unpaired) electrons. The van der Waals surface area contributed by atoms with Gasteiger partial charge in [0.05, 0.1) is 25.5 Å². The van der Waals surface area contributed by atoms with Crippen LogP contribution in [0.1, 0.15) is 29.1 Å². The van der Waals surface area contributed by atoms with Crippen LogP contribution in [0.2, 0.25) is 0 Å². The van der Waals surface area contributed by atoms with Crippen molar-refractivity contribution in [2.75, 3.05) is 45.3 Å². The van der Waals surface area contributed by atoms with Crippen molar-refractivity contribution < 1.29 is 14.3 Å². The molecule has 7 heteroatoms. The average molecular weight is 356 g/mol. The first-order chi connectivity index (χ1) is 12.6. The van der Waals surface area contributed by atoms with Gasteiger partial charge < -0.3 is 19.3 Å². The molecule has 2 aromatic heterocycles. The van der Waals surface area contributed by atoms with Crippen LogP contribution in [0.3, 0.4) is 0 Å². The molecular weight excluding hydrogens is 332 g/mol. The van der Waals surface area contributed by atoms with Crippen LogP contribution in [0, 0.1) is 0 Å². The molecule has 0 aromatic carbocycles. The molecule has 1 aliphatic heterocycles. The summed E-state index contributed by atoms with van der Waals surface area (Å²) in [6.45, 7) is 3.78. The highest BCUT2D eigenvalue weighted by Gasteiger charge is 2.29. The molecule has 0 spiro atoms. The number of hydrogen-bond donors (Lipinski definition) is 0. The van der Waals surface area contributed by atoms with Crippen LogP contribution in [-0.4, -0.2) is 61.2 Å². The number of pyridine rings is 2. The summed E-state index contributed by atoms with van der Waals surface area (Å²) in [5.41, 5.74) is 1.30. The van der Waals surface area contributed by atoms with Crippen molar-refractivity contribution in [1.82, 2.24) is 14.9 Å². The van der Waals surface area contributed by atoms with Gasteiger partial charge in [0.15, 0.2) is 0 Å². The Bertz CT molecular complexity index is 766. The summed E-state index contributed by atoms with van der Waals surface area (Å²) in [7, 11) is 3.89. The van der Waals surface area contributed by atoms with Crippen molar-refractivity contribution in [3.05, 3.63) is 47.8 Å². The molecule has 1 unspecified atom stereocenters. The number of ether oxygens (including phenoxy) is 2. The van der Waals surface area contributed by atoms with Gasteiger partial charge in [-0.3, -0.25) is 4.79 Å². The topological polar surface area (TPSA) is 67.8 Å². The standard InChI is InChI=1S/C19H24N4O3/c1-4-25-18-14(7-6-10-20-18)19(24)23-11-12-26-16(13-23)15-8-5-9-17(21-15)22(2)3/h5-10,16H,4,11-13H2,1-3H3. The van der Waals surface area contributed by atoms with Gasteiger partial charge in [-0.05, 0) is 31.2 Å². The first-order valence-electron chi connectivity index (χ1n) is 8.73. The second-order valence-corrected chi connectivity index (χ2v) is 6.21. The van der Waals surface area contributed by atoms with Gasteiger partial charge in [0.25, 0.3) is 5.91 Å². The second-order valence-electron chi connectivity index (χ2n) is 6.21. The van der Waals surface area contributed by atoms with Gasteiger partial charge in [-0.25, -0.2) is 9.97 Å². The lowest BCUT2D eigenvalue weighted by Gasteiger charge is -2.33. The van der Waals surface area contributed by atoms with Crippen LogP contribution in [0.5, 0.6) is 5.88 Å². The normalized spacial score (nSPS) is 17.0. The fourth-order valence-corrected chi connectivity index (χ4v) is 2.86. The Kier molecular flexibility index (Phi) is 5.68. The lowest BCUT2D eigenvalue weighted by molar-refractivity contribution is -0.0248. The molecule has 1 aliphatic rings. The minimum absolute atomic E-state index is 0.0985. The van der Waals surface area contributed by atoms with Gasteiger partial charge in [0.2, 0.25) is 5.88 Å². The van der Waals surface area contributed by atoms with Crippen LogP contribution in [-0.2, 0) is 4.74 Å². The Morgan fingerprint density at radius 2 is 2.19 bits per heavy atom. The third-order valence-electron chi connectivity index (χ3n) is 4.18. The molecule has 1 amide bonds. The number of nitrogens with zero attached hydrogens (tertiary/aromatic N) is 4. The zero-order valence-corrected chi connectivity index (χ0v) is 15.4. The molecule has 0 N–H and O–H groups in total. The zero-order valence-electron chi connectivity index (χ0n) is 15.4. The monoisotopic (exact) mass is 356 g/mol. The molecule has 0 saturated carbocycles. The van der Waals surface area contributed by atoms with Crippen LogP contribution in [0.15, 0.2) is 36.5 Å². The summed E-state index contributed by atoms with van der Waals surface area (Å²) >= 11 is 0. The van der Waals surface area contributed by atoms with E-state index in [-0.39, 0.29) is 12.0 Å². The number of amides is 1. The number of carbonyl (C=O) groups excluding carboxylic acids is 1. The Balaban J connectivity index is 1.78. The molecule has 1 saturated heterocycles. The van der Waals surface area contributed by atoms with Crippen molar-refractivity contribution in [2.45, 2.75) is 13.0 Å². The van der Waals surface area contributed by atoms with Crippen molar-refractivity contribution >= 4 is 11.7 Å². The van der Waals surface area contributed by atoms with Crippen LogP contribution in [0.4, 0.5) is 5.82 Å². The van der Waals surface area contributed by atoms with E-state index in [1.807, 2.05) is 44.1 Å². The molecule has 0 bridgehead atoms. The number of aromatic nitrogens is 2. The lowest BCUT2D eigenvalue weighted by atomic mass is 10.1. The summed E-state index contributed by atoms with van der Waals surface area (Å²) in [4.78, 5) is 25.5. The molecule has 3 rings (SSSR count). The van der Waals surface area contributed by atoms with Gasteiger partial charge in [0, 0.05) is 26.8 Å². The number of hydrogen-bond acceptors (Lipinski definition) is 6. The van der Waals surface area contributed by atoms with E-state index in [1.165, 1.54) is 0 Å². The largest absolute Gasteiger partial charge is 0.477 e. The van der Waals surface area contributed by atoms with E-state index in [0.717, 1.165) is 11.5 Å². The van der Waals surface area contributed by atoms with E-state index in [9.17, 15) is 4.79 Å². The molecule has 138 valence electrons. The fraction of sp³-hybridized carbons (Fsp3) is 0.421. The van der Waals surface area contributed by atoms with Crippen molar-refractivity contribution in [3.63, 3.8) is 0 Å². The second kappa shape index (κ2) is 8.14. The maximum atomic E-state index is 13.0. The summed E-state index contributed by atoms with van der Waals surface area (Å²) in [5.74, 6) is 1.13. The maximum absolute atomic E-state index is 13.0. The highest BCUT2D eigenvalue weighted by molar-refractivity contribution is 5.96. The Labute approximate surface area is 153 Å². The van der Waals surface area contributed by atoms with Crippen molar-refractivity contribution in [2.24, 2.45) is 0 Å². The van der Waals surface area contributed by atoms with E-state index in [2.05, 4.69) is 9.97 Å². The van der Waals surface area contributed by atoms with Gasteiger partial charge in [-0.1, -0.05) is 6.07 Å². The summed E-state index contributed by atoms with van der Waals surface area (Å²) in [5, 5.41) is 0. The molecule has 3 heterocycles. The van der Waals surface area contributed by atoms with E-state index < -0.39 is 0 Å². The van der Waals surface area contributed by atoms with Gasteiger partial charge in [0.1, 0.15) is 17.5 Å². The van der Waals surface area contributed by atoms with E-state index in [4.69, 9.17) is 9.47 Å². The smallest absolute Gasteiger partial charge is 0.259 e. The Morgan fingerprint density at radius 1 is 1.35 bits per heavy atom. The predicted molar refractivity (Wildman–Crippen MR) is 98.6 cm³/mol. The minimum Gasteiger partial charge on any atom is -0.477 e. The number of morpholine rings is 1. The van der Waals surface area contributed by atoms with E-state index >= 15 is 0 Å². The number of carbonyl (C=O) groups is 1. The molecular formula is C19H24N4O3. The third-order valence-corrected chi connectivity index (χ3v) is 4.18. The first-order valence-corrected chi connectivity index (χ1v) is 8.73. The molecule has 1 fully saturated rings. The number of anilines is 1. The summed E-state index contributed by atoms with van der Waals surface area (Å²) in [6, 6.07) is 9.32. The van der Waals surface area contributed by atoms with Crippen molar-refractivity contribution in [3.8, 4) is 5.88 Å². The van der Waals surface area contributed by atoms with Crippen molar-refractivity contribution in [1.29, 1.82) is 0 Å². The Hall–Kier alpha value is -2.67. The quantitative estimate of drug-likeness (QED) is 0.818. The molecule has 2 aromatic rings. The Morgan fingerprint density at radius 3 is 2.96 bits per heavy atom. The van der Waals surface area contributed by atoms with Gasteiger partial charge >= 0.3 is 0 Å². The van der Waals surface area contributed by atoms with E-state index in [0.29, 0.717) is 37.7 Å². The first kappa shape index (κ1) is 18.1. The predicted octanol–water partition coefficient (Wildman–Crippen LogP) is 2.16. The van der Waals surface area contributed by atoms with Crippen LogP contribution < -0.4 is 9.64 Å². The van der Waals surface area contributed by atoms with Crippen LogP contribution in [0.25, 0.3) is 0 Å². The van der Waals surface area contributed by atoms with Gasteiger partial charge in [-0.15, -0.1) is 0 Å². The third kappa shape index (κ3) is 3.94. The maximum Gasteiger partial charge on any atom is 0.259 e. The molecule has 1 atom stereocenters. The average Bonchev–Trinajstić information content (AvgIpc) is 2.68. The zero-order chi connectivity index (χ0) is 18.5. The molecule has 26 heavy (non-hydrogen) atoms. The highest BCUT2D eigenvalue weighted by Crippen LogP contribution is 2.25.